The smallest absolute Gasteiger partial charge is 0.201 e. The van der Waals surface area contributed by atoms with E-state index in [9.17, 15) is 0 Å². The van der Waals surface area contributed by atoms with Gasteiger partial charge in [0.15, 0.2) is 0 Å². The fourth-order valence-electron chi connectivity index (χ4n) is 1.99. The number of anilines is 1. The Balaban J connectivity index is 2.14. The summed E-state index contributed by atoms with van der Waals surface area (Å²) in [5.41, 5.74) is 8.74. The maximum Gasteiger partial charge on any atom is 0.201 e. The lowest BCUT2D eigenvalue weighted by molar-refractivity contribution is 0.836. The average Bonchev–Trinajstić information content (AvgIpc) is 2.69. The third-order valence-electron chi connectivity index (χ3n) is 2.84. The molecule has 2 N–H and O–H groups in total. The van der Waals surface area contributed by atoms with Crippen LogP contribution in [-0.2, 0) is 6.54 Å². The van der Waals surface area contributed by atoms with Gasteiger partial charge in [0.25, 0.3) is 0 Å². The molecule has 0 radical (unpaired) electrons. The van der Waals surface area contributed by atoms with E-state index in [2.05, 4.69) is 9.97 Å². The molecule has 0 spiro atoms. The van der Waals surface area contributed by atoms with Crippen molar-refractivity contribution in [3.8, 4) is 0 Å². The van der Waals surface area contributed by atoms with E-state index >= 15 is 0 Å². The molecule has 2 aromatic heterocycles. The van der Waals surface area contributed by atoms with Crippen molar-refractivity contribution < 1.29 is 0 Å². The molecule has 0 saturated heterocycles. The van der Waals surface area contributed by atoms with Crippen molar-refractivity contribution in [3.63, 3.8) is 0 Å². The first kappa shape index (κ1) is 11.0. The number of hydrogen-bond donors (Lipinski definition) is 1. The minimum Gasteiger partial charge on any atom is -0.369 e. The van der Waals surface area contributed by atoms with Gasteiger partial charge in [-0.2, -0.15) is 0 Å². The van der Waals surface area contributed by atoms with Crippen LogP contribution in [0.25, 0.3) is 11.0 Å². The molecular formula is C13H11ClN4. The van der Waals surface area contributed by atoms with E-state index in [1.165, 1.54) is 0 Å². The molecule has 0 unspecified atom stereocenters. The van der Waals surface area contributed by atoms with Gasteiger partial charge in [0.2, 0.25) is 5.95 Å². The molecule has 18 heavy (non-hydrogen) atoms. The van der Waals surface area contributed by atoms with Crippen molar-refractivity contribution in [1.29, 1.82) is 0 Å². The Morgan fingerprint density at radius 2 is 1.94 bits per heavy atom. The van der Waals surface area contributed by atoms with Crippen LogP contribution in [0, 0.1) is 0 Å². The average molecular weight is 259 g/mol. The number of benzene rings is 1. The van der Waals surface area contributed by atoms with Gasteiger partial charge in [-0.3, -0.25) is 4.98 Å². The highest BCUT2D eigenvalue weighted by molar-refractivity contribution is 6.35. The zero-order valence-electron chi connectivity index (χ0n) is 9.55. The molecule has 3 aromatic rings. The number of nitrogen functional groups attached to an aromatic ring is 1. The van der Waals surface area contributed by atoms with Crippen molar-refractivity contribution in [3.05, 3.63) is 53.3 Å². The second kappa shape index (κ2) is 4.31. The number of halogens is 1. The first-order valence-electron chi connectivity index (χ1n) is 5.55. The molecule has 0 amide bonds. The summed E-state index contributed by atoms with van der Waals surface area (Å²) in [4.78, 5) is 8.31. The molecule has 0 bridgehead atoms. The summed E-state index contributed by atoms with van der Waals surface area (Å²) in [6, 6.07) is 9.51. The van der Waals surface area contributed by atoms with Crippen LogP contribution in [0.1, 0.15) is 5.56 Å². The van der Waals surface area contributed by atoms with Crippen molar-refractivity contribution >= 4 is 28.6 Å². The first-order chi connectivity index (χ1) is 8.75. The molecule has 0 atom stereocenters. The fourth-order valence-corrected chi connectivity index (χ4v) is 2.26. The summed E-state index contributed by atoms with van der Waals surface area (Å²) in [5.74, 6) is 0.468. The van der Waals surface area contributed by atoms with Crippen LogP contribution < -0.4 is 5.73 Å². The van der Waals surface area contributed by atoms with E-state index in [4.69, 9.17) is 17.3 Å². The Labute approximate surface area is 109 Å². The van der Waals surface area contributed by atoms with Crippen LogP contribution in [0.4, 0.5) is 5.95 Å². The fraction of sp³-hybridized carbons (Fsp3) is 0.0769. The number of nitrogens with zero attached hydrogens (tertiary/aromatic N) is 3. The number of imidazole rings is 1. The monoisotopic (exact) mass is 258 g/mol. The highest BCUT2D eigenvalue weighted by Crippen LogP contribution is 2.26. The second-order valence-electron chi connectivity index (χ2n) is 4.02. The Kier molecular flexibility index (Phi) is 2.64. The third kappa shape index (κ3) is 1.80. The van der Waals surface area contributed by atoms with E-state index in [0.717, 1.165) is 16.6 Å². The lowest BCUT2D eigenvalue weighted by Gasteiger charge is -2.07. The van der Waals surface area contributed by atoms with Crippen LogP contribution >= 0.6 is 11.6 Å². The minimum absolute atomic E-state index is 0.468. The molecule has 1 aromatic carbocycles. The molecule has 5 heteroatoms. The predicted octanol–water partition coefficient (Wildman–Crippen LogP) is 2.72. The molecular weight excluding hydrogens is 248 g/mol. The molecule has 0 aliphatic heterocycles. The van der Waals surface area contributed by atoms with Crippen LogP contribution in [-0.4, -0.2) is 14.5 Å². The van der Waals surface area contributed by atoms with E-state index in [-0.39, 0.29) is 0 Å². The zero-order valence-corrected chi connectivity index (χ0v) is 10.3. The van der Waals surface area contributed by atoms with Crippen molar-refractivity contribution in [1.82, 2.24) is 14.5 Å². The molecule has 0 saturated carbocycles. The SMILES string of the molecule is Nc1nc2cccc(Cl)c2n1Cc1ccncc1. The van der Waals surface area contributed by atoms with Gasteiger partial charge in [-0.05, 0) is 29.8 Å². The molecule has 2 heterocycles. The third-order valence-corrected chi connectivity index (χ3v) is 3.14. The highest BCUT2D eigenvalue weighted by atomic mass is 35.5. The van der Waals surface area contributed by atoms with Crippen molar-refractivity contribution in [2.45, 2.75) is 6.54 Å². The van der Waals surface area contributed by atoms with Crippen molar-refractivity contribution in [2.75, 3.05) is 5.73 Å². The number of rotatable bonds is 2. The van der Waals surface area contributed by atoms with E-state index in [0.29, 0.717) is 17.5 Å². The van der Waals surface area contributed by atoms with Crippen LogP contribution in [0.15, 0.2) is 42.7 Å². The number of para-hydroxylation sites is 1. The number of hydrogen-bond acceptors (Lipinski definition) is 3. The quantitative estimate of drug-likeness (QED) is 0.769. The van der Waals surface area contributed by atoms with Gasteiger partial charge < -0.3 is 10.3 Å². The maximum atomic E-state index is 6.21. The van der Waals surface area contributed by atoms with Gasteiger partial charge in [-0.1, -0.05) is 17.7 Å². The van der Waals surface area contributed by atoms with E-state index in [1.54, 1.807) is 12.4 Å². The van der Waals surface area contributed by atoms with Gasteiger partial charge in [0, 0.05) is 12.4 Å². The summed E-state index contributed by atoms with van der Waals surface area (Å²) in [6.07, 6.45) is 3.51. The normalized spacial score (nSPS) is 10.9. The van der Waals surface area contributed by atoms with Crippen LogP contribution in [0.5, 0.6) is 0 Å². The molecule has 4 nitrogen and oxygen atoms in total. The second-order valence-corrected chi connectivity index (χ2v) is 4.43. The largest absolute Gasteiger partial charge is 0.369 e. The van der Waals surface area contributed by atoms with Gasteiger partial charge >= 0.3 is 0 Å². The van der Waals surface area contributed by atoms with Gasteiger partial charge in [-0.15, -0.1) is 0 Å². The summed E-state index contributed by atoms with van der Waals surface area (Å²) in [6.45, 7) is 0.634. The zero-order chi connectivity index (χ0) is 12.5. The van der Waals surface area contributed by atoms with Crippen LogP contribution in [0.2, 0.25) is 5.02 Å². The molecule has 0 aliphatic carbocycles. The summed E-state index contributed by atoms with van der Waals surface area (Å²) in [7, 11) is 0. The van der Waals surface area contributed by atoms with Crippen LogP contribution in [0.3, 0.4) is 0 Å². The molecule has 0 aliphatic rings. The maximum absolute atomic E-state index is 6.21. The highest BCUT2D eigenvalue weighted by Gasteiger charge is 2.11. The number of fused-ring (bicyclic) bond motifs is 1. The minimum atomic E-state index is 0.468. The molecule has 3 rings (SSSR count). The Hall–Kier alpha value is -2.07. The summed E-state index contributed by atoms with van der Waals surface area (Å²) < 4.78 is 1.91. The molecule has 0 fully saturated rings. The Bertz CT molecular complexity index is 691. The first-order valence-corrected chi connectivity index (χ1v) is 5.92. The van der Waals surface area contributed by atoms with Crippen molar-refractivity contribution in [2.24, 2.45) is 0 Å². The predicted molar refractivity (Wildman–Crippen MR) is 72.5 cm³/mol. The topological polar surface area (TPSA) is 56.7 Å². The van der Waals surface area contributed by atoms with E-state index in [1.807, 2.05) is 34.9 Å². The molecule has 90 valence electrons. The summed E-state index contributed by atoms with van der Waals surface area (Å²) >= 11 is 6.21. The van der Waals surface area contributed by atoms with Gasteiger partial charge in [-0.25, -0.2) is 4.98 Å². The van der Waals surface area contributed by atoms with Gasteiger partial charge in [0.05, 0.1) is 22.6 Å². The Morgan fingerprint density at radius 3 is 2.72 bits per heavy atom. The lowest BCUT2D eigenvalue weighted by atomic mass is 10.2. The number of aromatic nitrogens is 3. The number of pyridine rings is 1. The lowest BCUT2D eigenvalue weighted by Crippen LogP contribution is -2.04. The standard InChI is InChI=1S/C13H11ClN4/c14-10-2-1-3-11-12(10)18(13(15)17-11)8-9-4-6-16-7-5-9/h1-7H,8H2,(H2,15,17). The van der Waals surface area contributed by atoms with E-state index < -0.39 is 0 Å². The Morgan fingerprint density at radius 1 is 1.17 bits per heavy atom. The van der Waals surface area contributed by atoms with Gasteiger partial charge in [0.1, 0.15) is 0 Å². The number of nitrogens with two attached hydrogens (primary N) is 1. The summed E-state index contributed by atoms with van der Waals surface area (Å²) in [5, 5.41) is 0.658.